The molecule has 0 bridgehead atoms. The van der Waals surface area contributed by atoms with Crippen LogP contribution in [0.3, 0.4) is 0 Å². The molecule has 3 heteroatoms. The molecule has 0 N–H and O–H groups in total. The van der Waals surface area contributed by atoms with Crippen LogP contribution in [-0.2, 0) is 4.74 Å². The van der Waals surface area contributed by atoms with Gasteiger partial charge in [0.15, 0.2) is 6.23 Å². The molecule has 1 aliphatic heterocycles. The molecule has 72 valence electrons. The van der Waals surface area contributed by atoms with Gasteiger partial charge in [0.05, 0.1) is 5.69 Å². The van der Waals surface area contributed by atoms with Crippen molar-refractivity contribution < 1.29 is 4.74 Å². The summed E-state index contributed by atoms with van der Waals surface area (Å²) in [6.07, 6.45) is 6.50. The molecule has 0 aliphatic carbocycles. The second kappa shape index (κ2) is 4.15. The van der Waals surface area contributed by atoms with E-state index in [-0.39, 0.29) is 6.23 Å². The average molecular weight is 188 g/mol. The standard InChI is InChI=1S/C11H12N2O/c1-14-11-6-5-9(8-13-11)10-4-2-3-7-12-10/h2-5,7-8,11H,6H2,1H3. The Hall–Kier alpha value is -1.48. The lowest BCUT2D eigenvalue weighted by Crippen LogP contribution is -2.10. The van der Waals surface area contributed by atoms with Crippen LogP contribution in [0.2, 0.25) is 0 Å². The Morgan fingerprint density at radius 2 is 2.36 bits per heavy atom. The zero-order valence-electron chi connectivity index (χ0n) is 8.05. The van der Waals surface area contributed by atoms with Crippen LogP contribution in [0.1, 0.15) is 12.1 Å². The van der Waals surface area contributed by atoms with Crippen LogP contribution >= 0.6 is 0 Å². The molecule has 14 heavy (non-hydrogen) atoms. The molecule has 0 fully saturated rings. The quantitative estimate of drug-likeness (QED) is 0.710. The van der Waals surface area contributed by atoms with Gasteiger partial charge in [-0.15, -0.1) is 0 Å². The molecular weight excluding hydrogens is 176 g/mol. The highest BCUT2D eigenvalue weighted by molar-refractivity contribution is 6.09. The Kier molecular flexibility index (Phi) is 2.70. The number of nitrogens with zero attached hydrogens (tertiary/aromatic N) is 2. The van der Waals surface area contributed by atoms with Crippen LogP contribution in [0.15, 0.2) is 35.5 Å². The van der Waals surface area contributed by atoms with Gasteiger partial charge < -0.3 is 4.74 Å². The number of rotatable bonds is 2. The van der Waals surface area contributed by atoms with Crippen LogP contribution in [0.25, 0.3) is 5.57 Å². The van der Waals surface area contributed by atoms with E-state index in [1.54, 1.807) is 13.3 Å². The lowest BCUT2D eigenvalue weighted by Gasteiger charge is -2.13. The smallest absolute Gasteiger partial charge is 0.151 e. The summed E-state index contributed by atoms with van der Waals surface area (Å²) in [6, 6.07) is 5.85. The lowest BCUT2D eigenvalue weighted by atomic mass is 10.1. The Morgan fingerprint density at radius 3 is 2.93 bits per heavy atom. The third-order valence-electron chi connectivity index (χ3n) is 2.15. The number of allylic oxidation sites excluding steroid dienone is 1. The van der Waals surface area contributed by atoms with Gasteiger partial charge in [-0.05, 0) is 12.1 Å². The molecule has 0 saturated carbocycles. The number of hydrogen-bond donors (Lipinski definition) is 0. The van der Waals surface area contributed by atoms with Crippen molar-refractivity contribution >= 4 is 11.8 Å². The van der Waals surface area contributed by atoms with Crippen LogP contribution in [0.4, 0.5) is 0 Å². The first-order valence-electron chi connectivity index (χ1n) is 4.57. The average Bonchev–Trinajstić information content (AvgIpc) is 2.30. The maximum absolute atomic E-state index is 5.11. The first-order chi connectivity index (χ1) is 6.90. The van der Waals surface area contributed by atoms with Crippen molar-refractivity contribution in [2.75, 3.05) is 7.11 Å². The summed E-state index contributed by atoms with van der Waals surface area (Å²) < 4.78 is 5.11. The van der Waals surface area contributed by atoms with Crippen molar-refractivity contribution in [1.29, 1.82) is 0 Å². The first kappa shape index (κ1) is 9.09. The fourth-order valence-corrected chi connectivity index (χ4v) is 1.37. The van der Waals surface area contributed by atoms with Gasteiger partial charge in [-0.2, -0.15) is 0 Å². The second-order valence-corrected chi connectivity index (χ2v) is 3.08. The van der Waals surface area contributed by atoms with E-state index in [1.165, 1.54) is 0 Å². The van der Waals surface area contributed by atoms with Gasteiger partial charge in [-0.25, -0.2) is 0 Å². The van der Waals surface area contributed by atoms with Crippen LogP contribution in [0, 0.1) is 0 Å². The van der Waals surface area contributed by atoms with E-state index >= 15 is 0 Å². The molecule has 2 rings (SSSR count). The third kappa shape index (κ3) is 1.88. The molecule has 0 amide bonds. The zero-order valence-corrected chi connectivity index (χ0v) is 8.05. The van der Waals surface area contributed by atoms with E-state index in [0.29, 0.717) is 0 Å². The van der Waals surface area contributed by atoms with E-state index in [4.69, 9.17) is 4.74 Å². The lowest BCUT2D eigenvalue weighted by molar-refractivity contribution is 0.113. The number of aromatic nitrogens is 1. The van der Waals surface area contributed by atoms with Gasteiger partial charge in [0.25, 0.3) is 0 Å². The summed E-state index contributed by atoms with van der Waals surface area (Å²) in [5, 5.41) is 0. The van der Waals surface area contributed by atoms with Crippen molar-refractivity contribution in [2.45, 2.75) is 12.6 Å². The van der Waals surface area contributed by atoms with Gasteiger partial charge >= 0.3 is 0 Å². The molecule has 0 aromatic carbocycles. The largest absolute Gasteiger partial charge is 0.359 e. The minimum Gasteiger partial charge on any atom is -0.359 e. The highest BCUT2D eigenvalue weighted by Crippen LogP contribution is 2.16. The molecule has 0 radical (unpaired) electrons. The molecule has 0 saturated heterocycles. The summed E-state index contributed by atoms with van der Waals surface area (Å²) in [5.74, 6) is 0. The normalized spacial score (nSPS) is 20.6. The molecule has 2 heterocycles. The van der Waals surface area contributed by atoms with E-state index < -0.39 is 0 Å². The highest BCUT2D eigenvalue weighted by Gasteiger charge is 2.09. The third-order valence-corrected chi connectivity index (χ3v) is 2.15. The summed E-state index contributed by atoms with van der Waals surface area (Å²) in [5.41, 5.74) is 2.03. The number of ether oxygens (including phenoxy) is 1. The minimum atomic E-state index is -0.0255. The van der Waals surface area contributed by atoms with Crippen molar-refractivity contribution in [3.05, 3.63) is 36.2 Å². The van der Waals surface area contributed by atoms with Gasteiger partial charge in [0.1, 0.15) is 0 Å². The van der Waals surface area contributed by atoms with Crippen molar-refractivity contribution in [3.63, 3.8) is 0 Å². The predicted octanol–water partition coefficient (Wildman–Crippen LogP) is 1.91. The Balaban J connectivity index is 2.16. The van der Waals surface area contributed by atoms with Gasteiger partial charge in [-0.1, -0.05) is 12.1 Å². The minimum absolute atomic E-state index is 0.0255. The van der Waals surface area contributed by atoms with E-state index in [2.05, 4.69) is 16.1 Å². The summed E-state index contributed by atoms with van der Waals surface area (Å²) in [7, 11) is 1.67. The monoisotopic (exact) mass is 188 g/mol. The first-order valence-corrected chi connectivity index (χ1v) is 4.57. The van der Waals surface area contributed by atoms with E-state index in [1.807, 2.05) is 24.4 Å². The van der Waals surface area contributed by atoms with Gasteiger partial charge in [-0.3, -0.25) is 9.98 Å². The van der Waals surface area contributed by atoms with E-state index in [0.717, 1.165) is 17.7 Å². The molecule has 1 unspecified atom stereocenters. The zero-order chi connectivity index (χ0) is 9.80. The number of aliphatic imine (C=N–C) groups is 1. The summed E-state index contributed by atoms with van der Waals surface area (Å²) >= 11 is 0. The Morgan fingerprint density at radius 1 is 1.43 bits per heavy atom. The number of hydrogen-bond acceptors (Lipinski definition) is 3. The summed E-state index contributed by atoms with van der Waals surface area (Å²) in [4.78, 5) is 8.50. The Labute approximate surface area is 83.2 Å². The maximum Gasteiger partial charge on any atom is 0.151 e. The van der Waals surface area contributed by atoms with Gasteiger partial charge in [0, 0.05) is 31.5 Å². The van der Waals surface area contributed by atoms with Crippen LogP contribution < -0.4 is 0 Å². The van der Waals surface area contributed by atoms with Crippen molar-refractivity contribution in [2.24, 2.45) is 4.99 Å². The second-order valence-electron chi connectivity index (χ2n) is 3.08. The number of pyridine rings is 1. The predicted molar refractivity (Wildman–Crippen MR) is 56.1 cm³/mol. The van der Waals surface area contributed by atoms with Crippen molar-refractivity contribution in [1.82, 2.24) is 4.98 Å². The Bertz CT molecular complexity index is 357. The molecule has 1 aromatic rings. The molecule has 1 aliphatic rings. The number of dihydropyridines is 1. The molecule has 3 nitrogen and oxygen atoms in total. The van der Waals surface area contributed by atoms with Crippen LogP contribution in [0.5, 0.6) is 0 Å². The maximum atomic E-state index is 5.11. The summed E-state index contributed by atoms with van der Waals surface area (Å²) in [6.45, 7) is 0. The molecule has 0 spiro atoms. The van der Waals surface area contributed by atoms with Crippen LogP contribution in [-0.4, -0.2) is 24.5 Å². The molecule has 1 atom stereocenters. The fraction of sp³-hybridized carbons (Fsp3) is 0.273. The fourth-order valence-electron chi connectivity index (χ4n) is 1.37. The SMILES string of the molecule is COC1CC=C(c2ccccn2)C=N1. The number of methoxy groups -OCH3 is 1. The van der Waals surface area contributed by atoms with E-state index in [9.17, 15) is 0 Å². The highest BCUT2D eigenvalue weighted by atomic mass is 16.5. The van der Waals surface area contributed by atoms with Gasteiger partial charge in [0.2, 0.25) is 0 Å². The van der Waals surface area contributed by atoms with Crippen molar-refractivity contribution in [3.8, 4) is 0 Å². The topological polar surface area (TPSA) is 34.5 Å². The molecule has 1 aromatic heterocycles. The molecular formula is C11H12N2O.